The van der Waals surface area contributed by atoms with Gasteiger partial charge in [-0.1, -0.05) is 25.7 Å². The number of benzene rings is 1. The normalized spacial score (nSPS) is 20.4. The highest BCUT2D eigenvalue weighted by atomic mass is 16.5. The van der Waals surface area contributed by atoms with E-state index in [-0.39, 0.29) is 23.4 Å². The van der Waals surface area contributed by atoms with Gasteiger partial charge in [-0.25, -0.2) is 4.79 Å². The molecular weight excluding hydrogens is 464 g/mol. The molecule has 202 valence electrons. The molecule has 0 spiro atoms. The third kappa shape index (κ3) is 7.65. The van der Waals surface area contributed by atoms with E-state index in [4.69, 9.17) is 4.74 Å². The van der Waals surface area contributed by atoms with Crippen molar-refractivity contribution in [2.45, 2.75) is 96.2 Å². The van der Waals surface area contributed by atoms with Gasteiger partial charge < -0.3 is 35.8 Å². The highest BCUT2D eigenvalue weighted by Gasteiger charge is 2.33. The van der Waals surface area contributed by atoms with Crippen LogP contribution in [-0.2, 0) is 4.74 Å². The largest absolute Gasteiger partial charge is 0.494 e. The van der Waals surface area contributed by atoms with E-state index in [1.165, 1.54) is 4.57 Å². The minimum atomic E-state index is -1.08. The molecule has 1 aliphatic heterocycles. The molecule has 0 aliphatic carbocycles. The number of nitrogens with one attached hydrogen (secondary N) is 3. The molecule has 0 bridgehead atoms. The number of carbonyl (C=O) groups excluding carboxylic acids is 1. The van der Waals surface area contributed by atoms with Gasteiger partial charge in [-0.15, -0.1) is 0 Å². The second kappa shape index (κ2) is 12.5. The number of aliphatic hydroxyl groups is 2. The quantitative estimate of drug-likeness (QED) is 0.227. The van der Waals surface area contributed by atoms with E-state index in [1.54, 1.807) is 12.1 Å². The molecule has 1 aliphatic rings. The Morgan fingerprint density at radius 3 is 2.39 bits per heavy atom. The summed E-state index contributed by atoms with van der Waals surface area (Å²) in [5, 5.41) is 51.2. The van der Waals surface area contributed by atoms with Crippen LogP contribution in [-0.4, -0.2) is 62.2 Å². The summed E-state index contributed by atoms with van der Waals surface area (Å²) in [5.41, 5.74) is 0.560. The number of carbonyl (C=O) groups is 1. The van der Waals surface area contributed by atoms with Crippen LogP contribution in [0.3, 0.4) is 0 Å². The minimum Gasteiger partial charge on any atom is -0.494 e. The molecule has 2 aromatic rings. The topological polar surface area (TPSA) is 148 Å². The highest BCUT2D eigenvalue weighted by Crippen LogP contribution is 2.42. The average Bonchev–Trinajstić information content (AvgIpc) is 3.03. The fourth-order valence-electron chi connectivity index (χ4n) is 4.53. The van der Waals surface area contributed by atoms with Crippen LogP contribution in [0.25, 0.3) is 10.8 Å². The van der Waals surface area contributed by atoms with Gasteiger partial charge in [0.2, 0.25) is 11.8 Å². The monoisotopic (exact) mass is 506 g/mol. The molecule has 10 nitrogen and oxygen atoms in total. The Bertz CT molecular complexity index is 1000. The van der Waals surface area contributed by atoms with Gasteiger partial charge in [-0.3, -0.25) is 9.88 Å². The first-order valence-electron chi connectivity index (χ1n) is 12.9. The van der Waals surface area contributed by atoms with Crippen molar-refractivity contribution in [2.75, 3.05) is 18.5 Å². The number of unbranched alkanes of at least 4 members (excludes halogenated alkanes) is 5. The lowest BCUT2D eigenvalue weighted by atomic mass is 10.0. The van der Waals surface area contributed by atoms with Gasteiger partial charge in [-0.2, -0.15) is 0 Å². The summed E-state index contributed by atoms with van der Waals surface area (Å²) in [4.78, 5) is 11.6. The molecule has 1 fully saturated rings. The summed E-state index contributed by atoms with van der Waals surface area (Å²) in [7, 11) is 0. The number of aromatic hydroxyl groups is 2. The molecule has 1 saturated heterocycles. The first-order valence-corrected chi connectivity index (χ1v) is 12.9. The lowest BCUT2D eigenvalue weighted by molar-refractivity contribution is -0.0305. The van der Waals surface area contributed by atoms with Crippen molar-refractivity contribution < 1.29 is 30.0 Å². The fraction of sp³-hybridized carbons (Fsp3) is 0.654. The van der Waals surface area contributed by atoms with E-state index in [0.29, 0.717) is 30.2 Å². The number of amides is 1. The molecule has 1 amide bonds. The number of hydrogen-bond acceptors (Lipinski definition) is 8. The number of fused-ring (bicyclic) bond motifs is 1. The van der Waals surface area contributed by atoms with Gasteiger partial charge in [-0.05, 0) is 64.7 Å². The zero-order chi connectivity index (χ0) is 26.3. The van der Waals surface area contributed by atoms with Gasteiger partial charge in [0.25, 0.3) is 0 Å². The Labute approximate surface area is 212 Å². The molecule has 7 N–H and O–H groups in total. The Morgan fingerprint density at radius 2 is 1.69 bits per heavy atom. The molecule has 3 rings (SSSR count). The van der Waals surface area contributed by atoms with Crippen molar-refractivity contribution in [3.63, 3.8) is 0 Å². The van der Waals surface area contributed by atoms with Gasteiger partial charge in [0, 0.05) is 28.5 Å². The first kappa shape index (κ1) is 27.9. The zero-order valence-electron chi connectivity index (χ0n) is 21.6. The van der Waals surface area contributed by atoms with Crippen LogP contribution >= 0.6 is 0 Å². The molecule has 1 aromatic carbocycles. The number of nitrogens with zero attached hydrogens (tertiary/aromatic N) is 1. The predicted molar refractivity (Wildman–Crippen MR) is 139 cm³/mol. The SMILES string of the molecule is CC(C)(C)NC(=O)OCCCCCCCCNc1ccc2c(O)n(C3CCC(O)NC3O)c(O)c2c1. The van der Waals surface area contributed by atoms with Crippen LogP contribution in [0.1, 0.15) is 78.2 Å². The lowest BCUT2D eigenvalue weighted by Gasteiger charge is -2.33. The smallest absolute Gasteiger partial charge is 0.407 e. The molecule has 0 saturated carbocycles. The zero-order valence-corrected chi connectivity index (χ0v) is 21.6. The number of hydrogen-bond donors (Lipinski definition) is 7. The van der Waals surface area contributed by atoms with Gasteiger partial charge in [0.15, 0.2) is 0 Å². The van der Waals surface area contributed by atoms with E-state index < -0.39 is 18.5 Å². The van der Waals surface area contributed by atoms with Crippen LogP contribution in [0.2, 0.25) is 0 Å². The van der Waals surface area contributed by atoms with Crippen LogP contribution in [0, 0.1) is 0 Å². The van der Waals surface area contributed by atoms with Crippen LogP contribution < -0.4 is 16.0 Å². The van der Waals surface area contributed by atoms with Crippen molar-refractivity contribution >= 4 is 22.6 Å². The Morgan fingerprint density at radius 1 is 1.03 bits per heavy atom. The second-order valence-electron chi connectivity index (χ2n) is 10.6. The maximum atomic E-state index is 11.6. The number of aromatic nitrogens is 1. The summed E-state index contributed by atoms with van der Waals surface area (Å²) in [6.45, 7) is 6.98. The maximum absolute atomic E-state index is 11.6. The summed E-state index contributed by atoms with van der Waals surface area (Å²) in [5.74, 6) is -0.204. The van der Waals surface area contributed by atoms with E-state index >= 15 is 0 Å². The van der Waals surface area contributed by atoms with Crippen LogP contribution in [0.5, 0.6) is 11.8 Å². The number of aliphatic hydroxyl groups excluding tert-OH is 2. The third-order valence-electron chi connectivity index (χ3n) is 6.36. The van der Waals surface area contributed by atoms with Gasteiger partial charge in [0.1, 0.15) is 12.5 Å². The van der Waals surface area contributed by atoms with Gasteiger partial charge in [0.05, 0.1) is 12.6 Å². The summed E-state index contributed by atoms with van der Waals surface area (Å²) >= 11 is 0. The standard InChI is InChI=1S/C26H42N4O6/c1-26(2,3)29-25(35)36-15-9-7-5-4-6-8-14-27-17-10-11-18-19(16-17)24(34)30(23(18)33)20-12-13-21(31)28-22(20)32/h10-11,16,20-22,27-28,31-34H,4-9,12-15H2,1-3H3,(H,29,35). The second-order valence-corrected chi connectivity index (χ2v) is 10.6. The van der Waals surface area contributed by atoms with Crippen molar-refractivity contribution in [3.8, 4) is 11.8 Å². The van der Waals surface area contributed by atoms with Crippen molar-refractivity contribution in [2.24, 2.45) is 0 Å². The van der Waals surface area contributed by atoms with Crippen molar-refractivity contribution in [1.29, 1.82) is 0 Å². The van der Waals surface area contributed by atoms with Crippen molar-refractivity contribution in [3.05, 3.63) is 18.2 Å². The van der Waals surface area contributed by atoms with Crippen LogP contribution in [0.4, 0.5) is 10.5 Å². The summed E-state index contributed by atoms with van der Waals surface area (Å²) < 4.78 is 6.52. The number of rotatable bonds is 11. The summed E-state index contributed by atoms with van der Waals surface area (Å²) in [6.07, 6.45) is 4.76. The molecule has 10 heteroatoms. The third-order valence-corrected chi connectivity index (χ3v) is 6.36. The Balaban J connectivity index is 1.37. The first-order chi connectivity index (χ1) is 17.1. The number of alkyl carbamates (subject to hydrolysis) is 1. The maximum Gasteiger partial charge on any atom is 0.407 e. The number of piperidine rings is 1. The lowest BCUT2D eigenvalue weighted by Crippen LogP contribution is -2.47. The minimum absolute atomic E-state index is 0.100. The number of ether oxygens (including phenoxy) is 1. The molecule has 2 heterocycles. The molecule has 3 unspecified atom stereocenters. The number of anilines is 1. The van der Waals surface area contributed by atoms with Gasteiger partial charge >= 0.3 is 6.09 Å². The van der Waals surface area contributed by atoms with E-state index in [1.807, 2.05) is 26.8 Å². The molecule has 0 radical (unpaired) electrons. The average molecular weight is 507 g/mol. The van der Waals surface area contributed by atoms with Crippen molar-refractivity contribution in [1.82, 2.24) is 15.2 Å². The Hall–Kier alpha value is -2.69. The molecule has 36 heavy (non-hydrogen) atoms. The molecular formula is C26H42N4O6. The van der Waals surface area contributed by atoms with Crippen LogP contribution in [0.15, 0.2) is 18.2 Å². The Kier molecular flexibility index (Phi) is 9.69. The van der Waals surface area contributed by atoms with E-state index in [2.05, 4.69) is 16.0 Å². The van der Waals surface area contributed by atoms with E-state index in [9.17, 15) is 25.2 Å². The molecule has 3 atom stereocenters. The molecule has 1 aromatic heterocycles. The van der Waals surface area contributed by atoms with E-state index in [0.717, 1.165) is 50.8 Å². The highest BCUT2D eigenvalue weighted by molar-refractivity contribution is 5.95. The summed E-state index contributed by atoms with van der Waals surface area (Å²) in [6, 6.07) is 4.84. The predicted octanol–water partition coefficient (Wildman–Crippen LogP) is 3.89. The fourth-order valence-corrected chi connectivity index (χ4v) is 4.53.